The maximum Gasteiger partial charge on any atom is 0.273 e. The Kier molecular flexibility index (Phi) is 3.90. The maximum atomic E-state index is 11.8. The molecular weight excluding hydrogens is 256 g/mol. The van der Waals surface area contributed by atoms with E-state index in [0.717, 1.165) is 11.1 Å². The number of aliphatic hydroxyl groups is 1. The summed E-state index contributed by atoms with van der Waals surface area (Å²) in [6.45, 7) is 5.60. The summed E-state index contributed by atoms with van der Waals surface area (Å²) in [4.78, 5) is 11.8. The quantitative estimate of drug-likeness (QED) is 0.895. The minimum atomic E-state index is -0.861. The van der Waals surface area contributed by atoms with Crippen LogP contribution in [0.4, 0.5) is 0 Å². The zero-order valence-electron chi connectivity index (χ0n) is 11.8. The molecule has 0 unspecified atom stereocenters. The van der Waals surface area contributed by atoms with Gasteiger partial charge in [0.15, 0.2) is 5.69 Å². The van der Waals surface area contributed by atoms with Crippen LogP contribution in [0.15, 0.2) is 34.9 Å². The highest BCUT2D eigenvalue weighted by molar-refractivity contribution is 5.92. The van der Waals surface area contributed by atoms with Crippen LogP contribution >= 0.6 is 0 Å². The second kappa shape index (κ2) is 5.46. The van der Waals surface area contributed by atoms with Gasteiger partial charge in [-0.15, -0.1) is 0 Å². The van der Waals surface area contributed by atoms with Gasteiger partial charge in [0.05, 0.1) is 5.60 Å². The lowest BCUT2D eigenvalue weighted by Crippen LogP contribution is -2.23. The van der Waals surface area contributed by atoms with Gasteiger partial charge in [0.25, 0.3) is 5.91 Å². The number of amides is 1. The first-order chi connectivity index (χ1) is 9.36. The van der Waals surface area contributed by atoms with Crippen molar-refractivity contribution in [1.82, 2.24) is 10.5 Å². The summed E-state index contributed by atoms with van der Waals surface area (Å²) in [5.41, 5.74) is 1.20. The molecule has 0 fully saturated rings. The predicted molar refractivity (Wildman–Crippen MR) is 74.1 cm³/mol. The minimum Gasteiger partial charge on any atom is -0.386 e. The van der Waals surface area contributed by atoms with Crippen molar-refractivity contribution in [2.24, 2.45) is 0 Å². The van der Waals surface area contributed by atoms with E-state index in [1.807, 2.05) is 24.3 Å². The van der Waals surface area contributed by atoms with Crippen molar-refractivity contribution in [3.63, 3.8) is 0 Å². The van der Waals surface area contributed by atoms with Crippen molar-refractivity contribution in [3.8, 4) is 0 Å². The van der Waals surface area contributed by atoms with E-state index in [9.17, 15) is 9.90 Å². The zero-order valence-corrected chi connectivity index (χ0v) is 11.8. The molecule has 2 N–H and O–H groups in total. The van der Waals surface area contributed by atoms with E-state index in [2.05, 4.69) is 10.5 Å². The Labute approximate surface area is 117 Å². The van der Waals surface area contributed by atoms with Crippen LogP contribution in [0.25, 0.3) is 0 Å². The first-order valence-corrected chi connectivity index (χ1v) is 6.39. The van der Waals surface area contributed by atoms with Crippen LogP contribution in [-0.2, 0) is 12.1 Å². The fraction of sp³-hybridized carbons (Fsp3) is 0.333. The van der Waals surface area contributed by atoms with E-state index in [-0.39, 0.29) is 11.6 Å². The molecule has 1 aromatic carbocycles. The normalized spacial score (nSPS) is 11.4. The third-order valence-corrected chi connectivity index (χ3v) is 2.97. The first kappa shape index (κ1) is 14.3. The van der Waals surface area contributed by atoms with Crippen LogP contribution in [0.2, 0.25) is 0 Å². The van der Waals surface area contributed by atoms with Crippen molar-refractivity contribution in [2.75, 3.05) is 0 Å². The molecule has 20 heavy (non-hydrogen) atoms. The third kappa shape index (κ3) is 3.45. The topological polar surface area (TPSA) is 75.4 Å². The van der Waals surface area contributed by atoms with Crippen molar-refractivity contribution in [1.29, 1.82) is 0 Å². The van der Waals surface area contributed by atoms with Gasteiger partial charge in [-0.25, -0.2) is 0 Å². The number of nitrogens with one attached hydrogen (secondary N) is 1. The van der Waals surface area contributed by atoms with E-state index in [1.165, 1.54) is 0 Å². The van der Waals surface area contributed by atoms with Crippen LogP contribution in [0.5, 0.6) is 0 Å². The Bertz CT molecular complexity index is 594. The SMILES string of the molecule is Cc1cc(C(=O)NCc2ccc(C(C)(C)O)cc2)no1. The van der Waals surface area contributed by atoms with Crippen LogP contribution in [0, 0.1) is 6.92 Å². The number of hydrogen-bond acceptors (Lipinski definition) is 4. The monoisotopic (exact) mass is 274 g/mol. The molecule has 0 bridgehead atoms. The number of carbonyl (C=O) groups excluding carboxylic acids is 1. The summed E-state index contributed by atoms with van der Waals surface area (Å²) >= 11 is 0. The summed E-state index contributed by atoms with van der Waals surface area (Å²) in [6.07, 6.45) is 0. The molecule has 1 heterocycles. The molecule has 1 amide bonds. The van der Waals surface area contributed by atoms with Gasteiger partial charge in [-0.3, -0.25) is 4.79 Å². The van der Waals surface area contributed by atoms with Crippen molar-refractivity contribution < 1.29 is 14.4 Å². The Morgan fingerprint density at radius 3 is 2.50 bits per heavy atom. The van der Waals surface area contributed by atoms with Gasteiger partial charge in [0.1, 0.15) is 5.76 Å². The van der Waals surface area contributed by atoms with E-state index >= 15 is 0 Å². The van der Waals surface area contributed by atoms with Gasteiger partial charge in [0, 0.05) is 12.6 Å². The third-order valence-electron chi connectivity index (χ3n) is 2.97. The van der Waals surface area contributed by atoms with Gasteiger partial charge in [0.2, 0.25) is 0 Å². The average molecular weight is 274 g/mol. The molecular formula is C15H18N2O3. The average Bonchev–Trinajstić information content (AvgIpc) is 2.82. The summed E-state index contributed by atoms with van der Waals surface area (Å²) in [6, 6.07) is 9.04. The van der Waals surface area contributed by atoms with Gasteiger partial charge in [-0.1, -0.05) is 29.4 Å². The first-order valence-electron chi connectivity index (χ1n) is 6.39. The molecule has 0 saturated carbocycles. The van der Waals surface area contributed by atoms with Gasteiger partial charge < -0.3 is 14.9 Å². The molecule has 2 aromatic rings. The molecule has 5 nitrogen and oxygen atoms in total. The predicted octanol–water partition coefficient (Wildman–Crippen LogP) is 2.14. The van der Waals surface area contributed by atoms with E-state index < -0.39 is 5.60 Å². The van der Waals surface area contributed by atoms with E-state index in [4.69, 9.17) is 4.52 Å². The zero-order chi connectivity index (χ0) is 14.8. The largest absolute Gasteiger partial charge is 0.386 e. The molecule has 5 heteroatoms. The molecule has 0 aliphatic carbocycles. The van der Waals surface area contributed by atoms with Crippen molar-refractivity contribution >= 4 is 5.91 Å². The second-order valence-electron chi connectivity index (χ2n) is 5.26. The second-order valence-corrected chi connectivity index (χ2v) is 5.26. The molecule has 0 atom stereocenters. The number of hydrogen-bond donors (Lipinski definition) is 2. The van der Waals surface area contributed by atoms with Crippen LogP contribution in [0.3, 0.4) is 0 Å². The molecule has 106 valence electrons. The molecule has 0 aliphatic rings. The molecule has 2 rings (SSSR count). The molecule has 0 aliphatic heterocycles. The number of nitrogens with zero attached hydrogens (tertiary/aromatic N) is 1. The maximum absolute atomic E-state index is 11.8. The highest BCUT2D eigenvalue weighted by atomic mass is 16.5. The minimum absolute atomic E-state index is 0.270. The number of aromatic nitrogens is 1. The Balaban J connectivity index is 1.96. The van der Waals surface area contributed by atoms with Crippen LogP contribution in [0.1, 0.15) is 41.2 Å². The van der Waals surface area contributed by atoms with Gasteiger partial charge >= 0.3 is 0 Å². The summed E-state index contributed by atoms with van der Waals surface area (Å²) < 4.78 is 4.85. The molecule has 0 radical (unpaired) electrons. The number of benzene rings is 1. The lowest BCUT2D eigenvalue weighted by molar-refractivity contribution is 0.0785. The summed E-state index contributed by atoms with van der Waals surface area (Å²) in [5.74, 6) is 0.332. The van der Waals surface area contributed by atoms with Gasteiger partial charge in [-0.05, 0) is 31.9 Å². The fourth-order valence-corrected chi connectivity index (χ4v) is 1.78. The van der Waals surface area contributed by atoms with Crippen molar-refractivity contribution in [2.45, 2.75) is 32.9 Å². The summed E-state index contributed by atoms with van der Waals surface area (Å²) in [7, 11) is 0. The molecule has 0 saturated heterocycles. The van der Waals surface area contributed by atoms with Crippen molar-refractivity contribution in [3.05, 3.63) is 52.9 Å². The standard InChI is InChI=1S/C15H18N2O3/c1-10-8-13(17-20-10)14(18)16-9-11-4-6-12(7-5-11)15(2,3)19/h4-8,19H,9H2,1-3H3,(H,16,18). The highest BCUT2D eigenvalue weighted by Gasteiger charge is 2.15. The number of carbonyl (C=O) groups is 1. The Hall–Kier alpha value is -2.14. The molecule has 1 aromatic heterocycles. The fourth-order valence-electron chi connectivity index (χ4n) is 1.78. The number of aryl methyl sites for hydroxylation is 1. The summed E-state index contributed by atoms with van der Waals surface area (Å²) in [5, 5.41) is 16.3. The van der Waals surface area contributed by atoms with E-state index in [1.54, 1.807) is 26.8 Å². The lowest BCUT2D eigenvalue weighted by atomic mass is 9.97. The lowest BCUT2D eigenvalue weighted by Gasteiger charge is -2.17. The smallest absolute Gasteiger partial charge is 0.273 e. The van der Waals surface area contributed by atoms with Crippen LogP contribution < -0.4 is 5.32 Å². The number of rotatable bonds is 4. The van der Waals surface area contributed by atoms with Gasteiger partial charge in [-0.2, -0.15) is 0 Å². The van der Waals surface area contributed by atoms with E-state index in [0.29, 0.717) is 12.3 Å². The van der Waals surface area contributed by atoms with Crippen LogP contribution in [-0.4, -0.2) is 16.2 Å². The molecule has 0 spiro atoms. The Morgan fingerprint density at radius 1 is 1.35 bits per heavy atom. The highest BCUT2D eigenvalue weighted by Crippen LogP contribution is 2.19. The Morgan fingerprint density at radius 2 is 2.00 bits per heavy atom.